The Morgan fingerprint density at radius 1 is 1.03 bits per heavy atom. The molecule has 0 atom stereocenters. The molecule has 0 aliphatic heterocycles. The third kappa shape index (κ3) is 5.26. The summed E-state index contributed by atoms with van der Waals surface area (Å²) >= 11 is 0. The predicted molar refractivity (Wildman–Crippen MR) is 120 cm³/mol. The van der Waals surface area contributed by atoms with Crippen molar-refractivity contribution in [3.05, 3.63) is 65.6 Å². The van der Waals surface area contributed by atoms with Gasteiger partial charge in [0.05, 0.1) is 5.69 Å². The van der Waals surface area contributed by atoms with Crippen LogP contribution in [0.5, 0.6) is 0 Å². The van der Waals surface area contributed by atoms with Gasteiger partial charge in [0.2, 0.25) is 5.91 Å². The monoisotopic (exact) mass is 406 g/mol. The van der Waals surface area contributed by atoms with Crippen LogP contribution in [-0.4, -0.2) is 27.7 Å². The molecule has 1 aromatic carbocycles. The molecule has 2 aromatic heterocycles. The summed E-state index contributed by atoms with van der Waals surface area (Å²) in [4.78, 5) is 29.2. The number of carbonyl (C=O) groups is 2. The van der Waals surface area contributed by atoms with Crippen LogP contribution in [0.15, 0.2) is 48.7 Å². The number of hydrogen-bond acceptors (Lipinski definition) is 3. The molecular weight excluding hydrogens is 376 g/mol. The number of carbonyl (C=O) groups excluding carboxylic acids is 2. The van der Waals surface area contributed by atoms with E-state index >= 15 is 0 Å². The Morgan fingerprint density at radius 2 is 1.80 bits per heavy atom. The van der Waals surface area contributed by atoms with Gasteiger partial charge in [-0.15, -0.1) is 0 Å². The average molecular weight is 407 g/mol. The maximum absolute atomic E-state index is 12.5. The second-order valence-corrected chi connectivity index (χ2v) is 7.83. The van der Waals surface area contributed by atoms with Gasteiger partial charge in [-0.05, 0) is 49.4 Å². The van der Waals surface area contributed by atoms with Crippen LogP contribution in [0.25, 0.3) is 5.65 Å². The van der Waals surface area contributed by atoms with Crippen LogP contribution in [0, 0.1) is 6.92 Å². The molecule has 6 heteroatoms. The SMILES string of the molecule is Cc1nc2ccccn2c1C(=O)NCCCCCC(=O)Nc1ccccc1C(C)C. The van der Waals surface area contributed by atoms with Gasteiger partial charge in [0.1, 0.15) is 11.3 Å². The lowest BCUT2D eigenvalue weighted by Gasteiger charge is -2.13. The molecule has 0 radical (unpaired) electrons. The largest absolute Gasteiger partial charge is 0.351 e. The number of fused-ring (bicyclic) bond motifs is 1. The van der Waals surface area contributed by atoms with Crippen molar-refractivity contribution in [3.63, 3.8) is 0 Å². The maximum atomic E-state index is 12.5. The van der Waals surface area contributed by atoms with Gasteiger partial charge in [-0.25, -0.2) is 4.98 Å². The van der Waals surface area contributed by atoms with E-state index in [1.165, 1.54) is 0 Å². The predicted octanol–water partition coefficient (Wildman–Crippen LogP) is 4.70. The van der Waals surface area contributed by atoms with E-state index in [2.05, 4.69) is 35.5 Å². The number of hydrogen-bond donors (Lipinski definition) is 2. The minimum absolute atomic E-state index is 0.0356. The summed E-state index contributed by atoms with van der Waals surface area (Å²) in [5.74, 6) is 0.282. The highest BCUT2D eigenvalue weighted by atomic mass is 16.2. The number of unbranched alkanes of at least 4 members (excludes halogenated alkanes) is 2. The molecule has 3 rings (SSSR count). The van der Waals surface area contributed by atoms with E-state index in [9.17, 15) is 9.59 Å². The third-order valence-electron chi connectivity index (χ3n) is 5.14. The minimum atomic E-state index is -0.116. The van der Waals surface area contributed by atoms with Crippen LogP contribution in [-0.2, 0) is 4.79 Å². The summed E-state index contributed by atoms with van der Waals surface area (Å²) in [6, 6.07) is 13.6. The molecule has 0 spiro atoms. The highest BCUT2D eigenvalue weighted by Gasteiger charge is 2.15. The van der Waals surface area contributed by atoms with E-state index in [4.69, 9.17) is 0 Å². The summed E-state index contributed by atoms with van der Waals surface area (Å²) in [6.07, 6.45) is 4.83. The van der Waals surface area contributed by atoms with Crippen molar-refractivity contribution in [2.24, 2.45) is 0 Å². The topological polar surface area (TPSA) is 75.5 Å². The molecule has 0 saturated heterocycles. The molecule has 2 N–H and O–H groups in total. The Bertz CT molecular complexity index is 1020. The molecule has 30 heavy (non-hydrogen) atoms. The first-order valence-corrected chi connectivity index (χ1v) is 10.6. The van der Waals surface area contributed by atoms with Gasteiger partial charge in [0.15, 0.2) is 0 Å². The van der Waals surface area contributed by atoms with E-state index in [-0.39, 0.29) is 11.8 Å². The molecule has 2 amide bonds. The highest BCUT2D eigenvalue weighted by Crippen LogP contribution is 2.23. The molecule has 0 aliphatic carbocycles. The van der Waals surface area contributed by atoms with Crippen LogP contribution in [0.4, 0.5) is 5.69 Å². The van der Waals surface area contributed by atoms with E-state index < -0.39 is 0 Å². The van der Waals surface area contributed by atoms with Crippen molar-refractivity contribution in [1.82, 2.24) is 14.7 Å². The molecule has 0 aliphatic rings. The van der Waals surface area contributed by atoms with Gasteiger partial charge >= 0.3 is 0 Å². The fourth-order valence-electron chi connectivity index (χ4n) is 3.59. The van der Waals surface area contributed by atoms with Crippen LogP contribution in [0.1, 0.15) is 67.2 Å². The normalized spacial score (nSPS) is 11.1. The molecule has 0 unspecified atom stereocenters. The molecule has 0 bridgehead atoms. The third-order valence-corrected chi connectivity index (χ3v) is 5.14. The van der Waals surface area contributed by atoms with Gasteiger partial charge in [-0.1, -0.05) is 44.5 Å². The zero-order chi connectivity index (χ0) is 21.5. The van der Waals surface area contributed by atoms with Crippen molar-refractivity contribution >= 4 is 23.1 Å². The summed E-state index contributed by atoms with van der Waals surface area (Å²) < 4.78 is 1.81. The first-order valence-electron chi connectivity index (χ1n) is 10.6. The van der Waals surface area contributed by atoms with E-state index in [0.29, 0.717) is 24.6 Å². The number of aryl methyl sites for hydroxylation is 1. The van der Waals surface area contributed by atoms with Gasteiger partial charge in [-0.3, -0.25) is 14.0 Å². The Balaban J connectivity index is 1.39. The number of imidazole rings is 1. The maximum Gasteiger partial charge on any atom is 0.270 e. The lowest BCUT2D eigenvalue weighted by atomic mass is 10.0. The van der Waals surface area contributed by atoms with Crippen LogP contribution < -0.4 is 10.6 Å². The lowest BCUT2D eigenvalue weighted by Crippen LogP contribution is -2.26. The Labute approximate surface area is 177 Å². The summed E-state index contributed by atoms with van der Waals surface area (Å²) in [5.41, 5.74) is 4.11. The fraction of sp³-hybridized carbons (Fsp3) is 0.375. The number of nitrogens with one attached hydrogen (secondary N) is 2. The lowest BCUT2D eigenvalue weighted by molar-refractivity contribution is -0.116. The van der Waals surface area contributed by atoms with Crippen LogP contribution in [0.3, 0.4) is 0 Å². The summed E-state index contributed by atoms with van der Waals surface area (Å²) in [5, 5.41) is 5.99. The first kappa shape index (κ1) is 21.6. The quantitative estimate of drug-likeness (QED) is 0.506. The van der Waals surface area contributed by atoms with Gasteiger partial charge in [0, 0.05) is 24.8 Å². The zero-order valence-electron chi connectivity index (χ0n) is 17.9. The number of nitrogens with zero attached hydrogens (tertiary/aromatic N) is 2. The Morgan fingerprint density at radius 3 is 2.60 bits per heavy atom. The van der Waals surface area contributed by atoms with Gasteiger partial charge in [0.25, 0.3) is 5.91 Å². The van der Waals surface area contributed by atoms with Gasteiger partial charge in [-0.2, -0.15) is 0 Å². The molecule has 2 heterocycles. The highest BCUT2D eigenvalue weighted by molar-refractivity contribution is 5.94. The second kappa shape index (κ2) is 10.1. The second-order valence-electron chi connectivity index (χ2n) is 7.83. The molecule has 6 nitrogen and oxygen atoms in total. The van der Waals surface area contributed by atoms with E-state index in [0.717, 1.165) is 41.9 Å². The van der Waals surface area contributed by atoms with Crippen LogP contribution >= 0.6 is 0 Å². The number of benzene rings is 1. The molecular formula is C24H30N4O2. The smallest absolute Gasteiger partial charge is 0.270 e. The number of pyridine rings is 1. The Hall–Kier alpha value is -3.15. The standard InChI is InChI=1S/C24H30N4O2/c1-17(2)19-11-6-7-12-20(19)27-22(29)14-5-4-9-15-25-24(30)23-18(3)26-21-13-8-10-16-28(21)23/h6-8,10-13,16-17H,4-5,9,14-15H2,1-3H3,(H,25,30)(H,27,29). The molecule has 0 saturated carbocycles. The molecule has 158 valence electrons. The fourth-order valence-corrected chi connectivity index (χ4v) is 3.59. The summed E-state index contributed by atoms with van der Waals surface area (Å²) in [7, 11) is 0. The number of para-hydroxylation sites is 1. The average Bonchev–Trinajstić information content (AvgIpc) is 3.06. The zero-order valence-corrected chi connectivity index (χ0v) is 17.9. The first-order chi connectivity index (χ1) is 14.5. The minimum Gasteiger partial charge on any atom is -0.351 e. The molecule has 3 aromatic rings. The van der Waals surface area contributed by atoms with Crippen molar-refractivity contribution < 1.29 is 9.59 Å². The number of aromatic nitrogens is 2. The van der Waals surface area contributed by atoms with Gasteiger partial charge < -0.3 is 10.6 Å². The summed E-state index contributed by atoms with van der Waals surface area (Å²) in [6.45, 7) is 6.66. The van der Waals surface area contributed by atoms with Crippen LogP contribution in [0.2, 0.25) is 0 Å². The molecule has 0 fully saturated rings. The number of rotatable bonds is 9. The van der Waals surface area contributed by atoms with E-state index in [1.807, 2.05) is 53.9 Å². The van der Waals surface area contributed by atoms with Crippen molar-refractivity contribution in [3.8, 4) is 0 Å². The number of amides is 2. The van der Waals surface area contributed by atoms with E-state index in [1.54, 1.807) is 0 Å². The van der Waals surface area contributed by atoms with Crippen molar-refractivity contribution in [1.29, 1.82) is 0 Å². The number of anilines is 1. The Kier molecular flexibility index (Phi) is 7.22. The van der Waals surface area contributed by atoms with Crippen molar-refractivity contribution in [2.75, 3.05) is 11.9 Å². The van der Waals surface area contributed by atoms with Crippen molar-refractivity contribution in [2.45, 2.75) is 52.4 Å².